The minimum absolute atomic E-state index is 0.268. The molecule has 0 spiro atoms. The summed E-state index contributed by atoms with van der Waals surface area (Å²) in [6.45, 7) is 7.62. The second-order valence-corrected chi connectivity index (χ2v) is 6.31. The van der Waals surface area contributed by atoms with Gasteiger partial charge in [-0.2, -0.15) is 0 Å². The number of piperazine rings is 1. The first-order valence-corrected chi connectivity index (χ1v) is 7.26. The van der Waals surface area contributed by atoms with Crippen LogP contribution in [0.25, 0.3) is 0 Å². The highest BCUT2D eigenvalue weighted by molar-refractivity contribution is 5.78. The lowest BCUT2D eigenvalue weighted by molar-refractivity contribution is -0.131. The molecule has 0 radical (unpaired) electrons. The van der Waals surface area contributed by atoms with Gasteiger partial charge in [0, 0.05) is 32.7 Å². The monoisotopic (exact) mass is 253 g/mol. The third-order valence-electron chi connectivity index (χ3n) is 4.49. The summed E-state index contributed by atoms with van der Waals surface area (Å²) in [5, 5.41) is 3.37. The first-order valence-electron chi connectivity index (χ1n) is 7.26. The summed E-state index contributed by atoms with van der Waals surface area (Å²) in [5.74, 6) is 0.268. The first kappa shape index (κ1) is 13.8. The Hall–Kier alpha value is -0.610. The van der Waals surface area contributed by atoms with Crippen LogP contribution in [0.2, 0.25) is 0 Å². The van der Waals surface area contributed by atoms with E-state index in [1.807, 2.05) is 4.90 Å². The number of carbonyl (C=O) groups is 1. The zero-order valence-electron chi connectivity index (χ0n) is 11.9. The maximum atomic E-state index is 12.0. The molecule has 1 aliphatic carbocycles. The zero-order chi connectivity index (χ0) is 13.0. The van der Waals surface area contributed by atoms with Gasteiger partial charge in [-0.15, -0.1) is 0 Å². The summed E-state index contributed by atoms with van der Waals surface area (Å²) in [4.78, 5) is 16.3. The van der Waals surface area contributed by atoms with E-state index in [-0.39, 0.29) is 5.91 Å². The predicted octanol–water partition coefficient (Wildman–Crippen LogP) is 0.930. The van der Waals surface area contributed by atoms with Gasteiger partial charge in [0.05, 0.1) is 6.54 Å². The van der Waals surface area contributed by atoms with Crippen molar-refractivity contribution in [2.24, 2.45) is 5.41 Å². The van der Waals surface area contributed by atoms with Gasteiger partial charge >= 0.3 is 0 Å². The van der Waals surface area contributed by atoms with Gasteiger partial charge in [0.15, 0.2) is 0 Å². The van der Waals surface area contributed by atoms with Gasteiger partial charge in [0.25, 0.3) is 0 Å². The average Bonchev–Trinajstić information content (AvgIpc) is 2.77. The van der Waals surface area contributed by atoms with Crippen molar-refractivity contribution in [1.82, 2.24) is 15.1 Å². The Morgan fingerprint density at radius 3 is 2.39 bits per heavy atom. The van der Waals surface area contributed by atoms with Gasteiger partial charge in [-0.25, -0.2) is 0 Å². The molecule has 4 nitrogen and oxygen atoms in total. The van der Waals surface area contributed by atoms with E-state index < -0.39 is 0 Å². The van der Waals surface area contributed by atoms with Crippen molar-refractivity contribution < 1.29 is 4.79 Å². The molecule has 0 atom stereocenters. The topological polar surface area (TPSA) is 35.6 Å². The molecular formula is C14H27N3O. The number of likely N-dealkylation sites (N-methyl/N-ethyl adjacent to an activating group) is 1. The predicted molar refractivity (Wildman–Crippen MR) is 73.5 cm³/mol. The minimum Gasteiger partial charge on any atom is -0.339 e. The molecule has 0 aromatic carbocycles. The third kappa shape index (κ3) is 3.69. The van der Waals surface area contributed by atoms with Crippen LogP contribution in [0, 0.1) is 5.41 Å². The van der Waals surface area contributed by atoms with E-state index in [4.69, 9.17) is 0 Å². The molecule has 1 heterocycles. The van der Waals surface area contributed by atoms with Gasteiger partial charge in [0.1, 0.15) is 0 Å². The van der Waals surface area contributed by atoms with E-state index in [9.17, 15) is 4.79 Å². The summed E-state index contributed by atoms with van der Waals surface area (Å²) in [6, 6.07) is 0. The SMILES string of the molecule is CN1CCN(C(=O)CNCC2(C)CCCC2)CC1. The van der Waals surface area contributed by atoms with E-state index in [0.717, 1.165) is 32.7 Å². The van der Waals surface area contributed by atoms with E-state index in [1.54, 1.807) is 0 Å². The molecule has 0 bridgehead atoms. The fourth-order valence-electron chi connectivity index (χ4n) is 3.04. The second kappa shape index (κ2) is 6.02. The normalized spacial score (nSPS) is 24.4. The Morgan fingerprint density at radius 1 is 1.17 bits per heavy atom. The molecule has 2 rings (SSSR count). The zero-order valence-corrected chi connectivity index (χ0v) is 11.9. The highest BCUT2D eigenvalue weighted by Gasteiger charge is 2.28. The maximum Gasteiger partial charge on any atom is 0.236 e. The molecule has 1 N–H and O–H groups in total. The molecule has 1 saturated carbocycles. The molecule has 1 saturated heterocycles. The van der Waals surface area contributed by atoms with Crippen molar-refractivity contribution in [3.05, 3.63) is 0 Å². The van der Waals surface area contributed by atoms with E-state index in [1.165, 1.54) is 25.7 Å². The van der Waals surface area contributed by atoms with Crippen LogP contribution >= 0.6 is 0 Å². The van der Waals surface area contributed by atoms with Gasteiger partial charge < -0.3 is 15.1 Å². The third-order valence-corrected chi connectivity index (χ3v) is 4.49. The van der Waals surface area contributed by atoms with Crippen molar-refractivity contribution in [3.8, 4) is 0 Å². The molecule has 1 aliphatic heterocycles. The fraction of sp³-hybridized carbons (Fsp3) is 0.929. The molecule has 4 heteroatoms. The summed E-state index contributed by atoms with van der Waals surface area (Å²) < 4.78 is 0. The van der Waals surface area contributed by atoms with Crippen LogP contribution in [0.15, 0.2) is 0 Å². The van der Waals surface area contributed by atoms with Crippen molar-refractivity contribution in [2.45, 2.75) is 32.6 Å². The highest BCUT2D eigenvalue weighted by Crippen LogP contribution is 2.36. The number of amides is 1. The lowest BCUT2D eigenvalue weighted by atomic mass is 9.89. The van der Waals surface area contributed by atoms with Crippen LogP contribution in [-0.4, -0.2) is 62.0 Å². The number of nitrogens with one attached hydrogen (secondary N) is 1. The first-order chi connectivity index (χ1) is 8.59. The van der Waals surface area contributed by atoms with Crippen LogP contribution in [0.4, 0.5) is 0 Å². The van der Waals surface area contributed by atoms with Crippen LogP contribution in [-0.2, 0) is 4.79 Å². The summed E-state index contributed by atoms with van der Waals surface area (Å²) >= 11 is 0. The molecule has 1 amide bonds. The lowest BCUT2D eigenvalue weighted by Gasteiger charge is -2.33. The van der Waals surface area contributed by atoms with Crippen molar-refractivity contribution in [3.63, 3.8) is 0 Å². The molecular weight excluding hydrogens is 226 g/mol. The molecule has 2 fully saturated rings. The largest absolute Gasteiger partial charge is 0.339 e. The molecule has 2 aliphatic rings. The van der Waals surface area contributed by atoms with Crippen molar-refractivity contribution >= 4 is 5.91 Å². The smallest absolute Gasteiger partial charge is 0.236 e. The highest BCUT2D eigenvalue weighted by atomic mass is 16.2. The minimum atomic E-state index is 0.268. The standard InChI is InChI=1S/C14H27N3O/c1-14(5-3-4-6-14)12-15-11-13(18)17-9-7-16(2)8-10-17/h15H,3-12H2,1-2H3. The van der Waals surface area contributed by atoms with Gasteiger partial charge in [-0.05, 0) is 25.3 Å². The lowest BCUT2D eigenvalue weighted by Crippen LogP contribution is -2.50. The van der Waals surface area contributed by atoms with E-state index >= 15 is 0 Å². The van der Waals surface area contributed by atoms with Crippen molar-refractivity contribution in [2.75, 3.05) is 46.3 Å². The second-order valence-electron chi connectivity index (χ2n) is 6.31. The number of nitrogens with zero attached hydrogens (tertiary/aromatic N) is 2. The Morgan fingerprint density at radius 2 is 1.78 bits per heavy atom. The van der Waals surface area contributed by atoms with E-state index in [2.05, 4.69) is 24.2 Å². The molecule has 18 heavy (non-hydrogen) atoms. The van der Waals surface area contributed by atoms with Gasteiger partial charge in [0.2, 0.25) is 5.91 Å². The Labute approximate surface area is 111 Å². The quantitative estimate of drug-likeness (QED) is 0.809. The molecule has 104 valence electrons. The van der Waals surface area contributed by atoms with Gasteiger partial charge in [-0.1, -0.05) is 19.8 Å². The molecule has 0 aromatic rings. The van der Waals surface area contributed by atoms with Crippen molar-refractivity contribution in [1.29, 1.82) is 0 Å². The van der Waals surface area contributed by atoms with Crippen LogP contribution in [0.3, 0.4) is 0 Å². The Kier molecular flexibility index (Phi) is 4.62. The van der Waals surface area contributed by atoms with Crippen LogP contribution in [0.1, 0.15) is 32.6 Å². The number of rotatable bonds is 4. The van der Waals surface area contributed by atoms with Crippen LogP contribution in [0.5, 0.6) is 0 Å². The molecule has 0 unspecified atom stereocenters. The van der Waals surface area contributed by atoms with E-state index in [0.29, 0.717) is 12.0 Å². The number of hydrogen-bond donors (Lipinski definition) is 1. The molecule has 0 aromatic heterocycles. The number of hydrogen-bond acceptors (Lipinski definition) is 3. The Bertz CT molecular complexity index is 279. The summed E-state index contributed by atoms with van der Waals surface area (Å²) in [5.41, 5.74) is 0.433. The number of carbonyl (C=O) groups excluding carboxylic acids is 1. The fourth-order valence-corrected chi connectivity index (χ4v) is 3.04. The summed E-state index contributed by atoms with van der Waals surface area (Å²) in [7, 11) is 2.11. The average molecular weight is 253 g/mol. The van der Waals surface area contributed by atoms with Gasteiger partial charge in [-0.3, -0.25) is 4.79 Å². The van der Waals surface area contributed by atoms with Crippen LogP contribution < -0.4 is 5.32 Å². The maximum absolute atomic E-state index is 12.0. The Balaban J connectivity index is 1.65. The summed E-state index contributed by atoms with van der Waals surface area (Å²) in [6.07, 6.45) is 5.32.